The quantitative estimate of drug-likeness (QED) is 0.800. The summed E-state index contributed by atoms with van der Waals surface area (Å²) < 4.78 is 0. The van der Waals surface area contributed by atoms with Gasteiger partial charge in [0.25, 0.3) is 0 Å². The third-order valence-electron chi connectivity index (χ3n) is 1.63. The Kier molecular flexibility index (Phi) is 18.7. The average Bonchev–Trinajstić information content (AvgIpc) is 2.34. The molecule has 0 radical (unpaired) electrons. The zero-order valence-electron chi connectivity index (χ0n) is 12.7. The lowest BCUT2D eigenvalue weighted by molar-refractivity contribution is -0.130. The van der Waals surface area contributed by atoms with Crippen LogP contribution in [0.15, 0.2) is 0 Å². The van der Waals surface area contributed by atoms with Gasteiger partial charge in [0.2, 0.25) is 11.8 Å². The van der Waals surface area contributed by atoms with Crippen LogP contribution >= 0.6 is 0 Å². The molecule has 4 heteroatoms. The van der Waals surface area contributed by atoms with Gasteiger partial charge in [0.1, 0.15) is 6.04 Å². The Morgan fingerprint density at radius 2 is 1.35 bits per heavy atom. The van der Waals surface area contributed by atoms with E-state index >= 15 is 0 Å². The van der Waals surface area contributed by atoms with Crippen molar-refractivity contribution in [3.8, 4) is 0 Å². The van der Waals surface area contributed by atoms with E-state index in [2.05, 4.69) is 10.6 Å². The van der Waals surface area contributed by atoms with Gasteiger partial charge < -0.3 is 10.6 Å². The van der Waals surface area contributed by atoms with Gasteiger partial charge in [0.15, 0.2) is 0 Å². The molecule has 0 aliphatic rings. The second-order valence-electron chi connectivity index (χ2n) is 3.28. The Bertz CT molecular complexity index is 192. The number of rotatable bonds is 4. The van der Waals surface area contributed by atoms with Gasteiger partial charge >= 0.3 is 0 Å². The molecule has 17 heavy (non-hydrogen) atoms. The maximum Gasteiger partial charge on any atom is 0.242 e. The van der Waals surface area contributed by atoms with E-state index in [9.17, 15) is 9.59 Å². The maximum absolute atomic E-state index is 11.2. The molecule has 2 amide bonds. The van der Waals surface area contributed by atoms with Crippen molar-refractivity contribution in [3.05, 3.63) is 0 Å². The third-order valence-corrected chi connectivity index (χ3v) is 1.63. The molecular formula is C13H30N2O2. The Morgan fingerprint density at radius 1 is 0.941 bits per heavy atom. The lowest BCUT2D eigenvalue weighted by Crippen LogP contribution is -2.45. The summed E-state index contributed by atoms with van der Waals surface area (Å²) in [5.74, 6) is -0.327. The highest BCUT2D eigenvalue weighted by Crippen LogP contribution is 1.92. The number of nitrogens with one attached hydrogen (secondary N) is 2. The normalized spacial score (nSPS) is 10.2. The summed E-state index contributed by atoms with van der Waals surface area (Å²) in [6.45, 7) is 15.7. The summed E-state index contributed by atoms with van der Waals surface area (Å²) >= 11 is 0. The van der Waals surface area contributed by atoms with Crippen LogP contribution in [0, 0.1) is 5.92 Å². The molecular weight excluding hydrogens is 216 g/mol. The van der Waals surface area contributed by atoms with Crippen LogP contribution in [0.3, 0.4) is 0 Å². The van der Waals surface area contributed by atoms with Gasteiger partial charge in [-0.2, -0.15) is 0 Å². The van der Waals surface area contributed by atoms with Crippen molar-refractivity contribution < 1.29 is 9.59 Å². The summed E-state index contributed by atoms with van der Waals surface area (Å²) in [7, 11) is 0. The monoisotopic (exact) mass is 246 g/mol. The molecule has 0 rings (SSSR count). The Hall–Kier alpha value is -1.06. The van der Waals surface area contributed by atoms with Gasteiger partial charge in [-0.3, -0.25) is 9.59 Å². The van der Waals surface area contributed by atoms with Crippen LogP contribution in [0.1, 0.15) is 55.4 Å². The van der Waals surface area contributed by atoms with Crippen LogP contribution in [-0.2, 0) is 9.59 Å². The van der Waals surface area contributed by atoms with Crippen LogP contribution in [0.25, 0.3) is 0 Å². The largest absolute Gasteiger partial charge is 0.355 e. The first kappa shape index (κ1) is 21.2. The van der Waals surface area contributed by atoms with Gasteiger partial charge in [-0.25, -0.2) is 0 Å². The van der Waals surface area contributed by atoms with E-state index in [0.29, 0.717) is 6.54 Å². The van der Waals surface area contributed by atoms with Crippen molar-refractivity contribution in [2.45, 2.75) is 61.4 Å². The highest BCUT2D eigenvalue weighted by Gasteiger charge is 2.15. The minimum atomic E-state index is -0.449. The first-order valence-electron chi connectivity index (χ1n) is 6.57. The van der Waals surface area contributed by atoms with Crippen LogP contribution < -0.4 is 10.6 Å². The van der Waals surface area contributed by atoms with E-state index in [1.807, 2.05) is 34.6 Å². The molecule has 0 spiro atoms. The smallest absolute Gasteiger partial charge is 0.242 e. The molecule has 0 aliphatic carbocycles. The second kappa shape index (κ2) is 14.9. The highest BCUT2D eigenvalue weighted by molar-refractivity contribution is 5.87. The van der Waals surface area contributed by atoms with E-state index in [4.69, 9.17) is 0 Å². The van der Waals surface area contributed by atoms with Crippen LogP contribution in [-0.4, -0.2) is 24.4 Å². The SMILES string of the molecule is CC.CC.CCNC(=O)C(C)NC(=O)C(C)C. The fraction of sp³-hybridized carbons (Fsp3) is 0.846. The fourth-order valence-electron chi connectivity index (χ4n) is 0.773. The molecule has 0 saturated heterocycles. The predicted molar refractivity (Wildman–Crippen MR) is 73.8 cm³/mol. The molecule has 1 atom stereocenters. The first-order valence-corrected chi connectivity index (χ1v) is 6.57. The lowest BCUT2D eigenvalue weighted by Gasteiger charge is -2.14. The predicted octanol–water partition coefficient (Wildman–Crippen LogP) is 2.34. The van der Waals surface area contributed by atoms with Gasteiger partial charge in [-0.05, 0) is 13.8 Å². The molecule has 104 valence electrons. The van der Waals surface area contributed by atoms with Crippen molar-refractivity contribution >= 4 is 11.8 Å². The van der Waals surface area contributed by atoms with Gasteiger partial charge in [-0.1, -0.05) is 41.5 Å². The summed E-state index contributed by atoms with van der Waals surface area (Å²) in [6, 6.07) is -0.449. The zero-order valence-corrected chi connectivity index (χ0v) is 12.7. The van der Waals surface area contributed by atoms with Gasteiger partial charge in [0.05, 0.1) is 0 Å². The topological polar surface area (TPSA) is 58.2 Å². The van der Waals surface area contributed by atoms with Crippen LogP contribution in [0.5, 0.6) is 0 Å². The standard InChI is InChI=1S/C9H18N2O2.2C2H6/c1-5-10-9(13)7(4)11-8(12)6(2)3;2*1-2/h6-7H,5H2,1-4H3,(H,10,13)(H,11,12);2*1-2H3. The fourth-order valence-corrected chi connectivity index (χ4v) is 0.773. The highest BCUT2D eigenvalue weighted by atomic mass is 16.2. The molecule has 0 aliphatic heterocycles. The lowest BCUT2D eigenvalue weighted by atomic mass is 10.2. The molecule has 0 heterocycles. The number of amides is 2. The molecule has 0 fully saturated rings. The van der Waals surface area contributed by atoms with Crippen molar-refractivity contribution in [2.24, 2.45) is 5.92 Å². The Labute approximate surface area is 107 Å². The summed E-state index contributed by atoms with van der Waals surface area (Å²) in [6.07, 6.45) is 0. The Balaban J connectivity index is -0.000000439. The third kappa shape index (κ3) is 12.9. The number of carbonyl (C=O) groups excluding carboxylic acids is 2. The van der Waals surface area contributed by atoms with E-state index < -0.39 is 6.04 Å². The average molecular weight is 246 g/mol. The van der Waals surface area contributed by atoms with Crippen molar-refractivity contribution in [1.82, 2.24) is 10.6 Å². The molecule has 2 N–H and O–H groups in total. The number of likely N-dealkylation sites (N-methyl/N-ethyl adjacent to an activating group) is 1. The van der Waals surface area contributed by atoms with Gasteiger partial charge in [0, 0.05) is 12.5 Å². The minimum absolute atomic E-state index is 0.0862. The van der Waals surface area contributed by atoms with Crippen LogP contribution in [0.4, 0.5) is 0 Å². The van der Waals surface area contributed by atoms with E-state index in [-0.39, 0.29) is 17.7 Å². The summed E-state index contributed by atoms with van der Waals surface area (Å²) in [5.41, 5.74) is 0. The van der Waals surface area contributed by atoms with Crippen molar-refractivity contribution in [1.29, 1.82) is 0 Å². The number of hydrogen-bond acceptors (Lipinski definition) is 2. The summed E-state index contributed by atoms with van der Waals surface area (Å²) in [5, 5.41) is 5.25. The van der Waals surface area contributed by atoms with Crippen LogP contribution in [0.2, 0.25) is 0 Å². The number of hydrogen-bond donors (Lipinski definition) is 2. The molecule has 0 saturated carbocycles. The van der Waals surface area contributed by atoms with E-state index in [1.54, 1.807) is 20.8 Å². The van der Waals surface area contributed by atoms with Gasteiger partial charge in [-0.15, -0.1) is 0 Å². The first-order chi connectivity index (χ1) is 7.99. The summed E-state index contributed by atoms with van der Waals surface area (Å²) in [4.78, 5) is 22.3. The Morgan fingerprint density at radius 3 is 1.65 bits per heavy atom. The van der Waals surface area contributed by atoms with Crippen molar-refractivity contribution in [3.63, 3.8) is 0 Å². The van der Waals surface area contributed by atoms with Crippen molar-refractivity contribution in [2.75, 3.05) is 6.54 Å². The zero-order chi connectivity index (χ0) is 14.4. The van der Waals surface area contributed by atoms with E-state index in [0.717, 1.165) is 0 Å². The molecule has 0 aromatic carbocycles. The molecule has 4 nitrogen and oxygen atoms in total. The minimum Gasteiger partial charge on any atom is -0.355 e. The molecule has 1 unspecified atom stereocenters. The number of carbonyl (C=O) groups is 2. The second-order valence-corrected chi connectivity index (χ2v) is 3.28. The molecule has 0 bridgehead atoms. The van der Waals surface area contributed by atoms with E-state index in [1.165, 1.54) is 0 Å². The molecule has 0 aromatic heterocycles. The molecule has 0 aromatic rings. The maximum atomic E-state index is 11.2.